The summed E-state index contributed by atoms with van der Waals surface area (Å²) in [4.78, 5) is 0. The van der Waals surface area contributed by atoms with Gasteiger partial charge in [0.1, 0.15) is 0 Å². The van der Waals surface area contributed by atoms with Gasteiger partial charge in [-0.1, -0.05) is 0 Å². The van der Waals surface area contributed by atoms with Gasteiger partial charge < -0.3 is 5.73 Å². The lowest BCUT2D eigenvalue weighted by molar-refractivity contribution is 0.550. The minimum Gasteiger partial charge on any atom is -0.330 e. The number of hydrogen-bond donors (Lipinski definition) is 1. The van der Waals surface area contributed by atoms with E-state index in [0.29, 0.717) is 24.0 Å². The smallest absolute Gasteiger partial charge is 0.150 e. The summed E-state index contributed by atoms with van der Waals surface area (Å²) in [6.07, 6.45) is 1.68. The molecule has 1 aliphatic rings. The van der Waals surface area contributed by atoms with Gasteiger partial charge in [-0.25, -0.2) is 8.42 Å². The third-order valence-electron chi connectivity index (χ3n) is 1.90. The van der Waals surface area contributed by atoms with Crippen LogP contribution in [0, 0.1) is 5.92 Å². The van der Waals surface area contributed by atoms with Crippen LogP contribution in [0.15, 0.2) is 0 Å². The summed E-state index contributed by atoms with van der Waals surface area (Å²) in [6, 6.07) is 0. The van der Waals surface area contributed by atoms with Crippen LogP contribution >= 0.6 is 0 Å². The van der Waals surface area contributed by atoms with Crippen molar-refractivity contribution < 1.29 is 8.42 Å². The minimum absolute atomic E-state index is 0.343. The predicted octanol–water partition coefficient (Wildman–Crippen LogP) is -0.230. The van der Waals surface area contributed by atoms with Crippen molar-refractivity contribution in [1.82, 2.24) is 0 Å². The van der Waals surface area contributed by atoms with E-state index in [9.17, 15) is 8.42 Å². The first-order chi connectivity index (χ1) is 4.64. The van der Waals surface area contributed by atoms with E-state index in [-0.39, 0.29) is 0 Å². The molecule has 1 atom stereocenters. The fourth-order valence-electron chi connectivity index (χ4n) is 1.34. The summed E-state index contributed by atoms with van der Waals surface area (Å²) in [5.74, 6) is 1.08. The molecular weight excluding hydrogens is 150 g/mol. The molecule has 0 amide bonds. The highest BCUT2D eigenvalue weighted by Gasteiger charge is 2.26. The summed E-state index contributed by atoms with van der Waals surface area (Å²) in [7, 11) is -2.67. The Labute approximate surface area is 61.5 Å². The first-order valence-corrected chi connectivity index (χ1v) is 5.37. The summed E-state index contributed by atoms with van der Waals surface area (Å²) < 4.78 is 21.7. The van der Waals surface area contributed by atoms with Gasteiger partial charge in [0.05, 0.1) is 11.5 Å². The molecule has 1 heterocycles. The van der Waals surface area contributed by atoms with Crippen molar-refractivity contribution in [2.45, 2.75) is 12.8 Å². The van der Waals surface area contributed by atoms with Gasteiger partial charge in [0, 0.05) is 0 Å². The molecule has 0 aromatic heterocycles. The Hall–Kier alpha value is -0.0900. The van der Waals surface area contributed by atoms with E-state index in [1.807, 2.05) is 0 Å². The highest BCUT2D eigenvalue weighted by atomic mass is 32.2. The molecule has 0 spiro atoms. The van der Waals surface area contributed by atoms with E-state index in [1.54, 1.807) is 0 Å². The quantitative estimate of drug-likeness (QED) is 0.611. The topological polar surface area (TPSA) is 60.2 Å². The zero-order valence-electron chi connectivity index (χ0n) is 5.91. The van der Waals surface area contributed by atoms with E-state index < -0.39 is 9.84 Å². The van der Waals surface area contributed by atoms with Crippen LogP contribution in [0.4, 0.5) is 0 Å². The van der Waals surface area contributed by atoms with Crippen molar-refractivity contribution in [3.05, 3.63) is 0 Å². The van der Waals surface area contributed by atoms with Gasteiger partial charge in [-0.3, -0.25) is 0 Å². The Balaban J connectivity index is 2.44. The first-order valence-electron chi connectivity index (χ1n) is 3.54. The fourth-order valence-corrected chi connectivity index (χ4v) is 3.25. The Bertz CT molecular complexity index is 198. The summed E-state index contributed by atoms with van der Waals surface area (Å²) in [6.45, 7) is 0.611. The molecule has 0 aromatic carbocycles. The predicted molar refractivity (Wildman–Crippen MR) is 40.4 cm³/mol. The average Bonchev–Trinajstić information content (AvgIpc) is 2.12. The standard InChI is InChI=1S/C6H13NO2S/c7-3-1-6-2-4-10(8,9)5-6/h6H,1-5,7H2/t6-/m1/s1. The second-order valence-corrected chi connectivity index (χ2v) is 5.08. The second-order valence-electron chi connectivity index (χ2n) is 2.85. The third-order valence-corrected chi connectivity index (χ3v) is 3.74. The first kappa shape index (κ1) is 8.01. The molecule has 1 rings (SSSR count). The second kappa shape index (κ2) is 2.88. The Kier molecular flexibility index (Phi) is 2.31. The van der Waals surface area contributed by atoms with Gasteiger partial charge in [-0.05, 0) is 25.3 Å². The molecule has 2 N–H and O–H groups in total. The molecule has 0 radical (unpaired) electrons. The van der Waals surface area contributed by atoms with Gasteiger partial charge in [0.25, 0.3) is 0 Å². The van der Waals surface area contributed by atoms with E-state index in [0.717, 1.165) is 12.8 Å². The molecule has 4 heteroatoms. The van der Waals surface area contributed by atoms with E-state index >= 15 is 0 Å². The van der Waals surface area contributed by atoms with Gasteiger partial charge in [0.15, 0.2) is 9.84 Å². The van der Waals surface area contributed by atoms with Crippen molar-refractivity contribution in [2.75, 3.05) is 18.1 Å². The van der Waals surface area contributed by atoms with Crippen molar-refractivity contribution in [3.63, 3.8) is 0 Å². The van der Waals surface area contributed by atoms with Crippen molar-refractivity contribution in [2.24, 2.45) is 11.7 Å². The van der Waals surface area contributed by atoms with Crippen molar-refractivity contribution in [3.8, 4) is 0 Å². The Morgan fingerprint density at radius 3 is 2.60 bits per heavy atom. The fraction of sp³-hybridized carbons (Fsp3) is 1.00. The molecule has 1 saturated heterocycles. The van der Waals surface area contributed by atoms with Gasteiger partial charge in [0.2, 0.25) is 0 Å². The maximum atomic E-state index is 10.9. The van der Waals surface area contributed by atoms with Crippen molar-refractivity contribution in [1.29, 1.82) is 0 Å². The van der Waals surface area contributed by atoms with Crippen LogP contribution in [0.2, 0.25) is 0 Å². The molecule has 10 heavy (non-hydrogen) atoms. The third kappa shape index (κ3) is 1.95. The molecule has 3 nitrogen and oxygen atoms in total. The SMILES string of the molecule is NCC[C@@H]1CCS(=O)(=O)C1. The number of sulfone groups is 1. The largest absolute Gasteiger partial charge is 0.330 e. The van der Waals surface area contributed by atoms with Crippen LogP contribution in [0.1, 0.15) is 12.8 Å². The summed E-state index contributed by atoms with van der Waals surface area (Å²) >= 11 is 0. The summed E-state index contributed by atoms with van der Waals surface area (Å²) in [5.41, 5.74) is 5.30. The molecule has 0 bridgehead atoms. The van der Waals surface area contributed by atoms with E-state index in [4.69, 9.17) is 5.73 Å². The minimum atomic E-state index is -2.67. The number of hydrogen-bond acceptors (Lipinski definition) is 3. The maximum Gasteiger partial charge on any atom is 0.150 e. The molecule has 1 aliphatic heterocycles. The zero-order valence-corrected chi connectivity index (χ0v) is 6.73. The monoisotopic (exact) mass is 163 g/mol. The van der Waals surface area contributed by atoms with Gasteiger partial charge in [-0.2, -0.15) is 0 Å². The molecule has 60 valence electrons. The maximum absolute atomic E-state index is 10.9. The van der Waals surface area contributed by atoms with E-state index in [2.05, 4.69) is 0 Å². The molecule has 0 unspecified atom stereocenters. The van der Waals surface area contributed by atoms with Crippen molar-refractivity contribution >= 4 is 9.84 Å². The summed E-state index contributed by atoms with van der Waals surface area (Å²) in [5, 5.41) is 0. The molecule has 0 saturated carbocycles. The van der Waals surface area contributed by atoms with E-state index in [1.165, 1.54) is 0 Å². The molecular formula is C6H13NO2S. The highest BCUT2D eigenvalue weighted by molar-refractivity contribution is 7.91. The number of nitrogens with two attached hydrogens (primary N) is 1. The van der Waals surface area contributed by atoms with Gasteiger partial charge in [-0.15, -0.1) is 0 Å². The van der Waals surface area contributed by atoms with Crippen LogP contribution in [-0.4, -0.2) is 26.5 Å². The lowest BCUT2D eigenvalue weighted by Crippen LogP contribution is -2.10. The molecule has 0 aliphatic carbocycles. The van der Waals surface area contributed by atoms with Crippen LogP contribution in [0.3, 0.4) is 0 Å². The average molecular weight is 163 g/mol. The highest BCUT2D eigenvalue weighted by Crippen LogP contribution is 2.20. The lowest BCUT2D eigenvalue weighted by atomic mass is 10.1. The molecule has 0 aromatic rings. The van der Waals surface area contributed by atoms with Crippen LogP contribution in [0.5, 0.6) is 0 Å². The molecule has 1 fully saturated rings. The Morgan fingerprint density at radius 1 is 1.50 bits per heavy atom. The van der Waals surface area contributed by atoms with Crippen LogP contribution in [-0.2, 0) is 9.84 Å². The number of rotatable bonds is 2. The zero-order chi connectivity index (χ0) is 7.61. The van der Waals surface area contributed by atoms with Crippen LogP contribution < -0.4 is 5.73 Å². The normalized spacial score (nSPS) is 30.7. The Morgan fingerprint density at radius 2 is 2.20 bits per heavy atom. The van der Waals surface area contributed by atoms with Gasteiger partial charge >= 0.3 is 0 Å². The van der Waals surface area contributed by atoms with Crippen LogP contribution in [0.25, 0.3) is 0 Å². The lowest BCUT2D eigenvalue weighted by Gasteiger charge is -2.01.